The Labute approximate surface area is 127 Å². The third kappa shape index (κ3) is 1.88. The van der Waals surface area contributed by atoms with Crippen LogP contribution in [0.1, 0.15) is 34.1 Å². The van der Waals surface area contributed by atoms with Crippen LogP contribution in [0.5, 0.6) is 11.5 Å². The molecule has 1 aliphatic carbocycles. The molecule has 0 bridgehead atoms. The van der Waals surface area contributed by atoms with Crippen LogP contribution in [0.15, 0.2) is 23.3 Å². The van der Waals surface area contributed by atoms with E-state index in [1.165, 1.54) is 26.4 Å². The van der Waals surface area contributed by atoms with Gasteiger partial charge in [0.2, 0.25) is 0 Å². The van der Waals surface area contributed by atoms with Gasteiger partial charge >= 0.3 is 0 Å². The summed E-state index contributed by atoms with van der Waals surface area (Å²) in [6.07, 6.45) is 0.330. The Morgan fingerprint density at radius 2 is 1.95 bits per heavy atom. The number of methoxy groups -OCH3 is 2. The predicted molar refractivity (Wildman–Crippen MR) is 76.3 cm³/mol. The highest BCUT2D eigenvalue weighted by molar-refractivity contribution is 6.28. The van der Waals surface area contributed by atoms with Crippen LogP contribution < -0.4 is 4.74 Å². The minimum absolute atomic E-state index is 0.0293. The molecule has 116 valence electrons. The number of hydrogen-bond acceptors (Lipinski definition) is 6. The Hall–Kier alpha value is -2.18. The maximum Gasteiger partial charge on any atom is 0.199 e. The van der Waals surface area contributed by atoms with Gasteiger partial charge in [-0.25, -0.2) is 0 Å². The van der Waals surface area contributed by atoms with Gasteiger partial charge < -0.3 is 19.3 Å². The van der Waals surface area contributed by atoms with Crippen molar-refractivity contribution in [3.8, 4) is 11.5 Å². The summed E-state index contributed by atoms with van der Waals surface area (Å²) in [6.45, 7) is 1.88. The summed E-state index contributed by atoms with van der Waals surface area (Å²) >= 11 is 0. The molecule has 3 rings (SSSR count). The van der Waals surface area contributed by atoms with Crippen molar-refractivity contribution in [1.29, 1.82) is 0 Å². The second-order valence-corrected chi connectivity index (χ2v) is 5.33. The van der Waals surface area contributed by atoms with Crippen molar-refractivity contribution in [3.05, 3.63) is 34.4 Å². The van der Waals surface area contributed by atoms with Crippen LogP contribution in [0.4, 0.5) is 0 Å². The Kier molecular flexibility index (Phi) is 3.30. The van der Waals surface area contributed by atoms with E-state index in [0.29, 0.717) is 17.7 Å². The quantitative estimate of drug-likeness (QED) is 0.898. The number of ether oxygens (including phenoxy) is 3. The zero-order chi connectivity index (χ0) is 16.1. The molecule has 1 atom stereocenters. The fourth-order valence-corrected chi connectivity index (χ4v) is 2.97. The summed E-state index contributed by atoms with van der Waals surface area (Å²) in [5.41, 5.74) is 0.666. The smallest absolute Gasteiger partial charge is 0.199 e. The highest BCUT2D eigenvalue weighted by atomic mass is 16.7. The molecule has 0 radical (unpaired) electrons. The largest absolute Gasteiger partial charge is 0.507 e. The van der Waals surface area contributed by atoms with Crippen molar-refractivity contribution in [1.82, 2.24) is 0 Å². The van der Waals surface area contributed by atoms with Crippen molar-refractivity contribution in [3.63, 3.8) is 0 Å². The molecular formula is C16H16O6. The molecule has 0 spiro atoms. The van der Waals surface area contributed by atoms with Crippen molar-refractivity contribution in [2.45, 2.75) is 19.1 Å². The molecule has 2 aliphatic rings. The Bertz CT molecular complexity index is 718. The number of rotatable bonds is 2. The van der Waals surface area contributed by atoms with Crippen LogP contribution in [-0.4, -0.2) is 43.3 Å². The van der Waals surface area contributed by atoms with Gasteiger partial charge in [0.05, 0.1) is 24.9 Å². The highest BCUT2D eigenvalue weighted by Crippen LogP contribution is 2.42. The van der Waals surface area contributed by atoms with Gasteiger partial charge in [0.1, 0.15) is 11.5 Å². The van der Waals surface area contributed by atoms with Crippen LogP contribution in [0.25, 0.3) is 0 Å². The molecule has 1 heterocycles. The standard InChI is InChI=1S/C16H16O6/c1-16(21-3)13-9(4-5-22-16)14(18)10-6-8(20-2)7-11(17)12(10)15(13)19/h6-7,17H,4-5H2,1-3H3/t16-/m1/s1. The van der Waals surface area contributed by atoms with Gasteiger partial charge in [-0.3, -0.25) is 9.59 Å². The summed E-state index contributed by atoms with van der Waals surface area (Å²) in [4.78, 5) is 25.6. The van der Waals surface area contributed by atoms with Gasteiger partial charge in [0.25, 0.3) is 0 Å². The molecule has 1 aliphatic heterocycles. The van der Waals surface area contributed by atoms with Gasteiger partial charge in [-0.2, -0.15) is 0 Å². The summed E-state index contributed by atoms with van der Waals surface area (Å²) in [5.74, 6) is -2.00. The Balaban J connectivity index is 2.26. The molecule has 1 aromatic rings. The molecule has 1 N–H and O–H groups in total. The fourth-order valence-electron chi connectivity index (χ4n) is 2.97. The van der Waals surface area contributed by atoms with E-state index in [1.807, 2.05) is 0 Å². The van der Waals surface area contributed by atoms with E-state index in [2.05, 4.69) is 0 Å². The molecule has 22 heavy (non-hydrogen) atoms. The lowest BCUT2D eigenvalue weighted by atomic mass is 9.78. The average molecular weight is 304 g/mol. The number of Topliss-reactive ketones (excluding diaryl/α,β-unsaturated/α-hetero) is 2. The normalized spacial score (nSPS) is 24.1. The number of fused-ring (bicyclic) bond motifs is 1. The van der Waals surface area contributed by atoms with Crippen molar-refractivity contribution in [2.75, 3.05) is 20.8 Å². The van der Waals surface area contributed by atoms with E-state index >= 15 is 0 Å². The second-order valence-electron chi connectivity index (χ2n) is 5.33. The van der Waals surface area contributed by atoms with Gasteiger partial charge in [-0.05, 0) is 13.0 Å². The molecule has 0 saturated heterocycles. The van der Waals surface area contributed by atoms with Gasteiger partial charge in [-0.15, -0.1) is 0 Å². The first-order chi connectivity index (χ1) is 10.4. The molecule has 1 aromatic carbocycles. The molecule has 0 fully saturated rings. The van der Waals surface area contributed by atoms with Crippen LogP contribution >= 0.6 is 0 Å². The van der Waals surface area contributed by atoms with Crippen LogP contribution in [0, 0.1) is 0 Å². The molecule has 6 nitrogen and oxygen atoms in total. The number of benzene rings is 1. The number of phenols is 1. The summed E-state index contributed by atoms with van der Waals surface area (Å²) in [6, 6.07) is 2.78. The van der Waals surface area contributed by atoms with Gasteiger partial charge in [-0.1, -0.05) is 0 Å². The maximum atomic E-state index is 12.8. The topological polar surface area (TPSA) is 82.1 Å². The molecule has 0 aromatic heterocycles. The van der Waals surface area contributed by atoms with E-state index in [1.54, 1.807) is 6.92 Å². The lowest BCUT2D eigenvalue weighted by molar-refractivity contribution is -0.186. The first-order valence-corrected chi connectivity index (χ1v) is 6.86. The highest BCUT2D eigenvalue weighted by Gasteiger charge is 2.46. The van der Waals surface area contributed by atoms with Crippen LogP contribution in [-0.2, 0) is 9.47 Å². The minimum Gasteiger partial charge on any atom is -0.507 e. The van der Waals surface area contributed by atoms with Gasteiger partial charge in [0.15, 0.2) is 17.4 Å². The van der Waals surface area contributed by atoms with E-state index in [4.69, 9.17) is 14.2 Å². The zero-order valence-electron chi connectivity index (χ0n) is 12.6. The van der Waals surface area contributed by atoms with Crippen LogP contribution in [0.3, 0.4) is 0 Å². The number of carbonyl (C=O) groups excluding carboxylic acids is 2. The second kappa shape index (κ2) is 4.93. The summed E-state index contributed by atoms with van der Waals surface area (Å²) < 4.78 is 15.9. The SMILES string of the molecule is COc1cc(O)c2c(c1)C(=O)C1=C(C2=O)[C@](C)(OC)OCC1. The van der Waals surface area contributed by atoms with E-state index in [0.717, 1.165) is 0 Å². The van der Waals surface area contributed by atoms with E-state index in [9.17, 15) is 14.7 Å². The molecule has 0 saturated carbocycles. The van der Waals surface area contributed by atoms with Crippen LogP contribution in [0.2, 0.25) is 0 Å². The number of hydrogen-bond donors (Lipinski definition) is 1. The number of aromatic hydroxyl groups is 1. The first kappa shape index (κ1) is 14.7. The third-order valence-corrected chi connectivity index (χ3v) is 4.17. The summed E-state index contributed by atoms with van der Waals surface area (Å²) in [5, 5.41) is 10.1. The molecule has 0 amide bonds. The lowest BCUT2D eigenvalue weighted by Crippen LogP contribution is -2.44. The van der Waals surface area contributed by atoms with E-state index in [-0.39, 0.29) is 34.8 Å². The monoisotopic (exact) mass is 304 g/mol. The lowest BCUT2D eigenvalue weighted by Gasteiger charge is -2.37. The van der Waals surface area contributed by atoms with E-state index < -0.39 is 11.6 Å². The average Bonchev–Trinajstić information content (AvgIpc) is 2.51. The number of phenolic OH excluding ortho intramolecular Hbond substituents is 1. The minimum atomic E-state index is -1.29. The zero-order valence-corrected chi connectivity index (χ0v) is 12.6. The number of carbonyl (C=O) groups is 2. The van der Waals surface area contributed by atoms with Crippen molar-refractivity contribution < 1.29 is 28.9 Å². The molecular weight excluding hydrogens is 288 g/mol. The molecule has 6 heteroatoms. The Morgan fingerprint density at radius 1 is 1.23 bits per heavy atom. The summed E-state index contributed by atoms with van der Waals surface area (Å²) in [7, 11) is 2.84. The first-order valence-electron chi connectivity index (χ1n) is 6.86. The third-order valence-electron chi connectivity index (χ3n) is 4.17. The fraction of sp³-hybridized carbons (Fsp3) is 0.375. The van der Waals surface area contributed by atoms with Crippen molar-refractivity contribution in [2.24, 2.45) is 0 Å². The van der Waals surface area contributed by atoms with Crippen molar-refractivity contribution >= 4 is 11.6 Å². The number of ketones is 2. The van der Waals surface area contributed by atoms with Gasteiger partial charge in [0, 0.05) is 30.7 Å². The maximum absolute atomic E-state index is 12.8. The predicted octanol–water partition coefficient (Wildman–Crippen LogP) is 1.86. The Morgan fingerprint density at radius 3 is 2.59 bits per heavy atom. The molecule has 0 unspecified atom stereocenters.